The van der Waals surface area contributed by atoms with Crippen LogP contribution in [-0.2, 0) is 4.79 Å². The maximum atomic E-state index is 12.3. The number of carbonyl (C=O) groups excluding carboxylic acids is 2. The van der Waals surface area contributed by atoms with Gasteiger partial charge in [-0.05, 0) is 43.4 Å². The quantitative estimate of drug-likeness (QED) is 0.518. The molecule has 0 saturated heterocycles. The third kappa shape index (κ3) is 5.56. The largest absolute Gasteiger partial charge is 0.351 e. The highest BCUT2D eigenvalue weighted by atomic mass is 16.2. The minimum absolute atomic E-state index is 0.0580. The van der Waals surface area contributed by atoms with Crippen molar-refractivity contribution in [1.82, 2.24) is 10.6 Å². The van der Waals surface area contributed by atoms with Crippen molar-refractivity contribution < 1.29 is 9.59 Å². The van der Waals surface area contributed by atoms with Crippen LogP contribution in [0.5, 0.6) is 0 Å². The van der Waals surface area contributed by atoms with Gasteiger partial charge < -0.3 is 16.0 Å². The number of rotatable bonds is 7. The van der Waals surface area contributed by atoms with Crippen molar-refractivity contribution in [1.29, 1.82) is 0 Å². The number of hydrogen-bond acceptors (Lipinski definition) is 3. The predicted molar refractivity (Wildman–Crippen MR) is 104 cm³/mol. The normalized spacial score (nSPS) is 23.1. The Labute approximate surface area is 156 Å². The molecular weight excluding hydrogens is 326 g/mol. The van der Waals surface area contributed by atoms with E-state index in [1.807, 2.05) is 12.1 Å². The van der Waals surface area contributed by atoms with Gasteiger partial charge in [0.1, 0.15) is 0 Å². The smallest absolute Gasteiger partial charge is 0.251 e. The van der Waals surface area contributed by atoms with E-state index in [9.17, 15) is 9.59 Å². The first kappa shape index (κ1) is 18.9. The van der Waals surface area contributed by atoms with E-state index in [1.165, 1.54) is 38.5 Å². The summed E-state index contributed by atoms with van der Waals surface area (Å²) in [5.41, 5.74) is 1.28. The van der Waals surface area contributed by atoms with E-state index in [0.29, 0.717) is 29.8 Å². The predicted octanol–water partition coefficient (Wildman–Crippen LogP) is 3.32. The van der Waals surface area contributed by atoms with E-state index in [-0.39, 0.29) is 17.7 Å². The molecule has 1 aromatic carbocycles. The molecule has 5 heteroatoms. The fourth-order valence-corrected chi connectivity index (χ4v) is 3.70. The number of nitrogens with one attached hydrogen (secondary N) is 3. The highest BCUT2D eigenvalue weighted by molar-refractivity contribution is 5.98. The summed E-state index contributed by atoms with van der Waals surface area (Å²) in [7, 11) is 0. The van der Waals surface area contributed by atoms with Crippen LogP contribution in [0.4, 0.5) is 5.69 Å². The molecule has 0 bridgehead atoms. The molecule has 2 unspecified atom stereocenters. The molecule has 0 aromatic heterocycles. The van der Waals surface area contributed by atoms with Gasteiger partial charge in [0.25, 0.3) is 5.91 Å². The van der Waals surface area contributed by atoms with E-state index >= 15 is 0 Å². The average molecular weight is 357 g/mol. The molecular formula is C21H31N3O2. The lowest BCUT2D eigenvalue weighted by Gasteiger charge is -2.16. The Morgan fingerprint density at radius 3 is 2.50 bits per heavy atom. The van der Waals surface area contributed by atoms with Crippen LogP contribution in [0.3, 0.4) is 0 Å². The van der Waals surface area contributed by atoms with Crippen LogP contribution in [0.25, 0.3) is 0 Å². The highest BCUT2D eigenvalue weighted by Gasteiger charge is 2.39. The molecule has 26 heavy (non-hydrogen) atoms. The van der Waals surface area contributed by atoms with Gasteiger partial charge in [-0.25, -0.2) is 0 Å². The van der Waals surface area contributed by atoms with Crippen molar-refractivity contribution in [2.24, 2.45) is 11.8 Å². The van der Waals surface area contributed by atoms with Crippen molar-refractivity contribution in [3.63, 3.8) is 0 Å². The summed E-state index contributed by atoms with van der Waals surface area (Å²) in [4.78, 5) is 24.4. The van der Waals surface area contributed by atoms with Crippen molar-refractivity contribution in [3.8, 4) is 0 Å². The van der Waals surface area contributed by atoms with Gasteiger partial charge in [-0.3, -0.25) is 9.59 Å². The van der Waals surface area contributed by atoms with Crippen molar-refractivity contribution >= 4 is 17.5 Å². The van der Waals surface area contributed by atoms with Gasteiger partial charge in [-0.15, -0.1) is 0 Å². The van der Waals surface area contributed by atoms with Crippen LogP contribution < -0.4 is 16.0 Å². The first-order chi connectivity index (χ1) is 12.6. The minimum Gasteiger partial charge on any atom is -0.351 e. The summed E-state index contributed by atoms with van der Waals surface area (Å²) >= 11 is 0. The van der Waals surface area contributed by atoms with E-state index < -0.39 is 0 Å². The standard InChI is InChI=1S/C21H31N3O2/c1-15-13-19(15)21(26)24-18-10-6-7-16(14-18)20(25)23-12-11-22-17-8-4-2-3-5-9-17/h6-7,10,14-15,17,19,22H,2-5,8-9,11-13H2,1H3,(H,23,25)(H,24,26). The molecule has 0 spiro atoms. The molecule has 5 nitrogen and oxygen atoms in total. The number of anilines is 1. The molecule has 2 aliphatic carbocycles. The second-order valence-corrected chi connectivity index (χ2v) is 7.79. The fraction of sp³-hybridized carbons (Fsp3) is 0.619. The Bertz CT molecular complexity index is 623. The fourth-order valence-electron chi connectivity index (χ4n) is 3.70. The summed E-state index contributed by atoms with van der Waals surface area (Å²) < 4.78 is 0. The molecule has 3 rings (SSSR count). The summed E-state index contributed by atoms with van der Waals surface area (Å²) in [6.45, 7) is 3.50. The zero-order valence-electron chi connectivity index (χ0n) is 15.7. The SMILES string of the molecule is CC1CC1C(=O)Nc1cccc(C(=O)NCCNC2CCCCCC2)c1. The molecule has 0 aliphatic heterocycles. The van der Waals surface area contributed by atoms with Crippen LogP contribution in [0.2, 0.25) is 0 Å². The molecule has 1 aromatic rings. The summed E-state index contributed by atoms with van der Waals surface area (Å²) in [6, 6.07) is 7.76. The second-order valence-electron chi connectivity index (χ2n) is 7.79. The van der Waals surface area contributed by atoms with Gasteiger partial charge in [0.2, 0.25) is 5.91 Å². The third-order valence-electron chi connectivity index (χ3n) is 5.54. The van der Waals surface area contributed by atoms with Crippen LogP contribution in [0, 0.1) is 11.8 Å². The van der Waals surface area contributed by atoms with Crippen molar-refractivity contribution in [2.45, 2.75) is 57.9 Å². The van der Waals surface area contributed by atoms with Crippen LogP contribution >= 0.6 is 0 Å². The lowest BCUT2D eigenvalue weighted by molar-refractivity contribution is -0.117. The Hall–Kier alpha value is -1.88. The Morgan fingerprint density at radius 1 is 1.08 bits per heavy atom. The highest BCUT2D eigenvalue weighted by Crippen LogP contribution is 2.38. The zero-order chi connectivity index (χ0) is 18.4. The van der Waals surface area contributed by atoms with Crippen LogP contribution in [0.1, 0.15) is 62.2 Å². The number of benzene rings is 1. The van der Waals surface area contributed by atoms with E-state index in [2.05, 4.69) is 22.9 Å². The molecule has 142 valence electrons. The maximum Gasteiger partial charge on any atom is 0.251 e. The van der Waals surface area contributed by atoms with Crippen molar-refractivity contribution in [2.75, 3.05) is 18.4 Å². The second kappa shape index (κ2) is 9.17. The average Bonchev–Trinajstić information content (AvgIpc) is 3.41. The van der Waals surface area contributed by atoms with E-state index in [0.717, 1.165) is 13.0 Å². The topological polar surface area (TPSA) is 70.2 Å². The third-order valence-corrected chi connectivity index (χ3v) is 5.54. The van der Waals surface area contributed by atoms with Crippen LogP contribution in [0.15, 0.2) is 24.3 Å². The van der Waals surface area contributed by atoms with Gasteiger partial charge in [0, 0.05) is 36.3 Å². The van der Waals surface area contributed by atoms with E-state index in [1.54, 1.807) is 12.1 Å². The molecule has 2 atom stereocenters. The zero-order valence-corrected chi connectivity index (χ0v) is 15.7. The molecule has 2 saturated carbocycles. The van der Waals surface area contributed by atoms with E-state index in [4.69, 9.17) is 0 Å². The Kier molecular flexibility index (Phi) is 6.67. The number of carbonyl (C=O) groups is 2. The van der Waals surface area contributed by atoms with Crippen LogP contribution in [-0.4, -0.2) is 30.9 Å². The molecule has 0 heterocycles. The first-order valence-electron chi connectivity index (χ1n) is 10.1. The van der Waals surface area contributed by atoms with Crippen molar-refractivity contribution in [3.05, 3.63) is 29.8 Å². The molecule has 2 amide bonds. The van der Waals surface area contributed by atoms with Gasteiger partial charge in [-0.1, -0.05) is 38.7 Å². The first-order valence-corrected chi connectivity index (χ1v) is 10.1. The molecule has 0 radical (unpaired) electrons. The number of hydrogen-bond donors (Lipinski definition) is 3. The molecule has 2 fully saturated rings. The van der Waals surface area contributed by atoms with Gasteiger partial charge >= 0.3 is 0 Å². The maximum absolute atomic E-state index is 12.3. The lowest BCUT2D eigenvalue weighted by Crippen LogP contribution is -2.36. The summed E-state index contributed by atoms with van der Waals surface area (Å²) in [6.07, 6.45) is 8.76. The summed E-state index contributed by atoms with van der Waals surface area (Å²) in [5.74, 6) is 0.566. The summed E-state index contributed by atoms with van der Waals surface area (Å²) in [5, 5.41) is 9.43. The molecule has 2 aliphatic rings. The molecule has 3 N–H and O–H groups in total. The Balaban J connectivity index is 1.41. The van der Waals surface area contributed by atoms with Gasteiger partial charge in [0.05, 0.1) is 0 Å². The van der Waals surface area contributed by atoms with Gasteiger partial charge in [0.15, 0.2) is 0 Å². The Morgan fingerprint density at radius 2 is 1.81 bits per heavy atom. The number of amides is 2. The minimum atomic E-state index is -0.0939. The monoisotopic (exact) mass is 357 g/mol. The lowest BCUT2D eigenvalue weighted by atomic mass is 10.1. The van der Waals surface area contributed by atoms with Gasteiger partial charge in [-0.2, -0.15) is 0 Å².